The van der Waals surface area contributed by atoms with Crippen LogP contribution in [0.15, 0.2) is 48.7 Å². The van der Waals surface area contributed by atoms with E-state index in [4.69, 9.17) is 4.74 Å². The lowest BCUT2D eigenvalue weighted by Crippen LogP contribution is -2.39. The quantitative estimate of drug-likeness (QED) is 0.818. The molecule has 5 heteroatoms. The summed E-state index contributed by atoms with van der Waals surface area (Å²) >= 11 is 0. The van der Waals surface area contributed by atoms with E-state index in [0.29, 0.717) is 24.5 Å². The minimum absolute atomic E-state index is 0.120. The second kappa shape index (κ2) is 8.14. The van der Waals surface area contributed by atoms with Crippen LogP contribution < -0.4 is 10.1 Å². The van der Waals surface area contributed by atoms with Crippen molar-refractivity contribution in [3.05, 3.63) is 59.8 Å². The molecule has 0 radical (unpaired) electrons. The predicted molar refractivity (Wildman–Crippen MR) is 83.9 cm³/mol. The van der Waals surface area contributed by atoms with E-state index in [9.17, 15) is 9.90 Å². The van der Waals surface area contributed by atoms with Crippen molar-refractivity contribution in [2.45, 2.75) is 19.4 Å². The van der Waals surface area contributed by atoms with Gasteiger partial charge in [0.05, 0.1) is 24.8 Å². The number of rotatable bonds is 7. The van der Waals surface area contributed by atoms with Crippen molar-refractivity contribution in [2.24, 2.45) is 0 Å². The second-order valence-corrected chi connectivity index (χ2v) is 4.86. The van der Waals surface area contributed by atoms with Crippen LogP contribution in [-0.2, 0) is 6.42 Å². The molecular weight excluding hydrogens is 280 g/mol. The molecule has 0 unspecified atom stereocenters. The number of nitrogens with zero attached hydrogens (tertiary/aromatic N) is 1. The molecule has 1 aromatic heterocycles. The van der Waals surface area contributed by atoms with Gasteiger partial charge in [-0.1, -0.05) is 30.3 Å². The van der Waals surface area contributed by atoms with Gasteiger partial charge in [0.15, 0.2) is 0 Å². The average Bonchev–Trinajstić information content (AvgIpc) is 2.56. The van der Waals surface area contributed by atoms with Crippen LogP contribution in [0.4, 0.5) is 0 Å². The zero-order valence-corrected chi connectivity index (χ0v) is 12.5. The van der Waals surface area contributed by atoms with E-state index in [2.05, 4.69) is 10.3 Å². The van der Waals surface area contributed by atoms with Crippen LogP contribution in [-0.4, -0.2) is 35.3 Å². The largest absolute Gasteiger partial charge is 0.478 e. The smallest absolute Gasteiger partial charge is 0.253 e. The fourth-order valence-electron chi connectivity index (χ4n) is 2.08. The molecule has 1 amide bonds. The van der Waals surface area contributed by atoms with E-state index in [1.54, 1.807) is 12.1 Å². The number of carbonyl (C=O) groups is 1. The molecule has 0 bridgehead atoms. The number of carbonyl (C=O) groups excluding carboxylic acids is 1. The molecule has 0 aliphatic carbocycles. The third-order valence-electron chi connectivity index (χ3n) is 3.17. The minimum atomic E-state index is -0.332. The molecule has 0 aliphatic rings. The molecule has 0 fully saturated rings. The maximum Gasteiger partial charge on any atom is 0.253 e. The maximum absolute atomic E-state index is 12.2. The van der Waals surface area contributed by atoms with Gasteiger partial charge in [0.1, 0.15) is 0 Å². The highest BCUT2D eigenvalue weighted by Crippen LogP contribution is 2.08. The standard InChI is InChI=1S/C17H20N2O3/c1-2-22-16-9-8-14(11-18-16)17(21)19-15(12-20)10-13-6-4-3-5-7-13/h3-9,11,15,20H,2,10,12H2,1H3,(H,19,21)/t15-/m0/s1. The van der Waals surface area contributed by atoms with Crippen LogP contribution in [0.25, 0.3) is 0 Å². The fourth-order valence-corrected chi connectivity index (χ4v) is 2.08. The Kier molecular flexibility index (Phi) is 5.91. The first kappa shape index (κ1) is 16.0. The Balaban J connectivity index is 1.96. The van der Waals surface area contributed by atoms with Crippen molar-refractivity contribution in [3.63, 3.8) is 0 Å². The third-order valence-corrected chi connectivity index (χ3v) is 3.17. The summed E-state index contributed by atoms with van der Waals surface area (Å²) in [4.78, 5) is 16.2. The minimum Gasteiger partial charge on any atom is -0.478 e. The van der Waals surface area contributed by atoms with Crippen LogP contribution in [0.2, 0.25) is 0 Å². The van der Waals surface area contributed by atoms with Gasteiger partial charge in [-0.15, -0.1) is 0 Å². The molecule has 1 heterocycles. The topological polar surface area (TPSA) is 71.5 Å². The van der Waals surface area contributed by atoms with E-state index >= 15 is 0 Å². The molecule has 0 saturated heterocycles. The van der Waals surface area contributed by atoms with Crippen LogP contribution in [0.3, 0.4) is 0 Å². The van der Waals surface area contributed by atoms with Gasteiger partial charge in [-0.25, -0.2) is 4.98 Å². The van der Waals surface area contributed by atoms with Crippen molar-refractivity contribution in [1.82, 2.24) is 10.3 Å². The lowest BCUT2D eigenvalue weighted by atomic mass is 10.1. The molecule has 1 atom stereocenters. The Morgan fingerprint density at radius 3 is 2.64 bits per heavy atom. The summed E-state index contributed by atoms with van der Waals surface area (Å²) in [5.74, 6) is 0.229. The third kappa shape index (κ3) is 4.56. The number of benzene rings is 1. The van der Waals surface area contributed by atoms with Crippen LogP contribution in [0.5, 0.6) is 5.88 Å². The molecule has 22 heavy (non-hydrogen) atoms. The summed E-state index contributed by atoms with van der Waals surface area (Å²) in [6, 6.07) is 12.7. The number of aliphatic hydroxyl groups excluding tert-OH is 1. The highest BCUT2D eigenvalue weighted by Gasteiger charge is 2.14. The Hall–Kier alpha value is -2.40. The van der Waals surface area contributed by atoms with Crippen molar-refractivity contribution >= 4 is 5.91 Å². The Bertz CT molecular complexity index is 585. The Labute approximate surface area is 130 Å². The maximum atomic E-state index is 12.2. The number of nitrogens with one attached hydrogen (secondary N) is 1. The van der Waals surface area contributed by atoms with Crippen molar-refractivity contribution < 1.29 is 14.6 Å². The van der Waals surface area contributed by atoms with Gasteiger partial charge in [0.2, 0.25) is 5.88 Å². The SMILES string of the molecule is CCOc1ccc(C(=O)N[C@H](CO)Cc2ccccc2)cn1. The summed E-state index contributed by atoms with van der Waals surface area (Å²) in [6.07, 6.45) is 2.05. The monoisotopic (exact) mass is 300 g/mol. The lowest BCUT2D eigenvalue weighted by molar-refractivity contribution is 0.0916. The molecule has 116 valence electrons. The van der Waals surface area contributed by atoms with Gasteiger partial charge in [-0.3, -0.25) is 4.79 Å². The number of pyridine rings is 1. The lowest BCUT2D eigenvalue weighted by Gasteiger charge is -2.16. The summed E-state index contributed by atoms with van der Waals surface area (Å²) < 4.78 is 5.24. The second-order valence-electron chi connectivity index (χ2n) is 4.86. The van der Waals surface area contributed by atoms with Gasteiger partial charge in [0, 0.05) is 12.3 Å². The molecule has 2 aromatic rings. The highest BCUT2D eigenvalue weighted by molar-refractivity contribution is 5.94. The molecule has 2 N–H and O–H groups in total. The molecule has 5 nitrogen and oxygen atoms in total. The summed E-state index contributed by atoms with van der Waals surface area (Å²) in [6.45, 7) is 2.28. The van der Waals surface area contributed by atoms with E-state index in [-0.39, 0.29) is 18.6 Å². The fraction of sp³-hybridized carbons (Fsp3) is 0.294. The molecule has 0 aliphatic heterocycles. The first-order chi connectivity index (χ1) is 10.7. The molecule has 0 saturated carbocycles. The number of amides is 1. The van der Waals surface area contributed by atoms with Gasteiger partial charge in [-0.2, -0.15) is 0 Å². The van der Waals surface area contributed by atoms with Crippen LogP contribution in [0, 0.1) is 0 Å². The highest BCUT2D eigenvalue weighted by atomic mass is 16.5. The first-order valence-electron chi connectivity index (χ1n) is 7.27. The number of hydrogen-bond acceptors (Lipinski definition) is 4. The van der Waals surface area contributed by atoms with Gasteiger partial charge in [-0.05, 0) is 25.0 Å². The Morgan fingerprint density at radius 1 is 1.27 bits per heavy atom. The first-order valence-corrected chi connectivity index (χ1v) is 7.27. The predicted octanol–water partition coefficient (Wildman–Crippen LogP) is 1.81. The summed E-state index contributed by atoms with van der Waals surface area (Å²) in [7, 11) is 0. The number of hydrogen-bond donors (Lipinski definition) is 2. The zero-order valence-electron chi connectivity index (χ0n) is 12.5. The van der Waals surface area contributed by atoms with Gasteiger partial charge in [0.25, 0.3) is 5.91 Å². The summed E-state index contributed by atoms with van der Waals surface area (Å²) in [5.41, 5.74) is 1.50. The molecular formula is C17H20N2O3. The molecule has 0 spiro atoms. The molecule has 2 rings (SSSR count). The number of ether oxygens (including phenoxy) is 1. The number of aromatic nitrogens is 1. The van der Waals surface area contributed by atoms with Crippen molar-refractivity contribution in [1.29, 1.82) is 0 Å². The van der Waals surface area contributed by atoms with Gasteiger partial charge >= 0.3 is 0 Å². The normalized spacial score (nSPS) is 11.7. The Morgan fingerprint density at radius 2 is 2.05 bits per heavy atom. The van der Waals surface area contributed by atoms with E-state index in [0.717, 1.165) is 5.56 Å². The summed E-state index contributed by atoms with van der Waals surface area (Å²) in [5, 5.41) is 12.3. The van der Waals surface area contributed by atoms with Gasteiger partial charge < -0.3 is 15.2 Å². The number of aliphatic hydroxyl groups is 1. The average molecular weight is 300 g/mol. The van der Waals surface area contributed by atoms with E-state index in [1.165, 1.54) is 6.20 Å². The molecule has 1 aromatic carbocycles. The van der Waals surface area contributed by atoms with Crippen molar-refractivity contribution in [2.75, 3.05) is 13.2 Å². The van der Waals surface area contributed by atoms with E-state index < -0.39 is 0 Å². The van der Waals surface area contributed by atoms with E-state index in [1.807, 2.05) is 37.3 Å². The van der Waals surface area contributed by atoms with Crippen LogP contribution >= 0.6 is 0 Å². The van der Waals surface area contributed by atoms with Crippen LogP contribution in [0.1, 0.15) is 22.8 Å². The zero-order chi connectivity index (χ0) is 15.8. The van der Waals surface area contributed by atoms with Crippen molar-refractivity contribution in [3.8, 4) is 5.88 Å².